The minimum absolute atomic E-state index is 0.290. The molecular formula is C14H16Cl2NO4P. The van der Waals surface area contributed by atoms with Gasteiger partial charge in [-0.1, -0.05) is 0 Å². The van der Waals surface area contributed by atoms with Crippen molar-refractivity contribution in [1.82, 2.24) is 0 Å². The number of carbonyl (C=O) groups is 1. The highest BCUT2D eigenvalue weighted by molar-refractivity contribution is 7.87. The number of hydrogen-bond donors (Lipinski definition) is 0. The van der Waals surface area contributed by atoms with Crippen molar-refractivity contribution < 1.29 is 18.6 Å². The number of ether oxygens (including phenoxy) is 1. The number of methoxy groups -OCH3 is 1. The first-order chi connectivity index (χ1) is 10.4. The highest BCUT2D eigenvalue weighted by atomic mass is 35.7. The molecule has 0 saturated carbocycles. The van der Waals surface area contributed by atoms with E-state index < -0.39 is 12.8 Å². The zero-order valence-corrected chi connectivity index (χ0v) is 14.6. The largest absolute Gasteiger partial charge is 0.497 e. The lowest BCUT2D eigenvalue weighted by atomic mass is 10.1. The maximum atomic E-state index is 12.7. The zero-order valence-electron chi connectivity index (χ0n) is 12.2. The molecule has 0 aromatic heterocycles. The van der Waals surface area contributed by atoms with E-state index in [1.54, 1.807) is 31.2 Å². The molecule has 8 heteroatoms. The lowest BCUT2D eigenvalue weighted by Gasteiger charge is -2.32. The van der Waals surface area contributed by atoms with Gasteiger partial charge in [0.2, 0.25) is 0 Å². The van der Waals surface area contributed by atoms with Crippen LogP contribution >= 0.6 is 29.7 Å². The molecule has 0 saturated heterocycles. The Balaban J connectivity index is 2.40. The Morgan fingerprint density at radius 2 is 1.95 bits per heavy atom. The van der Waals surface area contributed by atoms with Crippen LogP contribution in [0.15, 0.2) is 35.6 Å². The van der Waals surface area contributed by atoms with Crippen molar-refractivity contribution in [3.05, 3.63) is 35.6 Å². The number of allylic oxidation sites excluding steroid dienone is 1. The smallest absolute Gasteiger partial charge is 0.444 e. The molecule has 1 amide bonds. The van der Waals surface area contributed by atoms with Crippen LogP contribution in [0.4, 0.5) is 5.69 Å². The Bertz CT molecular complexity index is 645. The number of alkyl halides is 1. The topological polar surface area (TPSA) is 55.8 Å². The van der Waals surface area contributed by atoms with Gasteiger partial charge in [0.05, 0.1) is 18.4 Å². The number of rotatable bonds is 5. The van der Waals surface area contributed by atoms with Gasteiger partial charge in [-0.25, -0.2) is 9.24 Å². The normalized spacial score (nSPS) is 21.8. The van der Waals surface area contributed by atoms with Gasteiger partial charge in [-0.15, -0.1) is 11.6 Å². The van der Waals surface area contributed by atoms with Gasteiger partial charge in [-0.2, -0.15) is 0 Å². The first kappa shape index (κ1) is 17.2. The summed E-state index contributed by atoms with van der Waals surface area (Å²) in [6.07, 6.45) is 1.06. The van der Waals surface area contributed by atoms with Gasteiger partial charge in [0.1, 0.15) is 11.5 Å². The van der Waals surface area contributed by atoms with Crippen molar-refractivity contribution in [3.63, 3.8) is 0 Å². The maximum absolute atomic E-state index is 12.7. The van der Waals surface area contributed by atoms with Gasteiger partial charge in [-0.05, 0) is 44.0 Å². The predicted octanol–water partition coefficient (Wildman–Crippen LogP) is 4.70. The third-order valence-electron chi connectivity index (χ3n) is 3.24. The lowest BCUT2D eigenvalue weighted by molar-refractivity contribution is -0.114. The first-order valence-electron chi connectivity index (χ1n) is 6.64. The van der Waals surface area contributed by atoms with Gasteiger partial charge in [-0.3, -0.25) is 4.79 Å². The van der Waals surface area contributed by atoms with E-state index in [0.29, 0.717) is 41.5 Å². The van der Waals surface area contributed by atoms with Crippen molar-refractivity contribution >= 4 is 41.3 Å². The molecule has 0 aliphatic carbocycles. The van der Waals surface area contributed by atoms with Crippen molar-refractivity contribution in [3.8, 4) is 5.75 Å². The van der Waals surface area contributed by atoms with E-state index in [9.17, 15) is 9.36 Å². The Morgan fingerprint density at radius 3 is 2.50 bits per heavy atom. The number of hydrogen-bond acceptors (Lipinski definition) is 4. The monoisotopic (exact) mass is 363 g/mol. The number of amides is 1. The maximum Gasteiger partial charge on any atom is 0.444 e. The van der Waals surface area contributed by atoms with Gasteiger partial charge < -0.3 is 9.26 Å². The van der Waals surface area contributed by atoms with Crippen LogP contribution in [-0.4, -0.2) is 18.9 Å². The van der Waals surface area contributed by atoms with E-state index in [1.165, 1.54) is 7.11 Å². The third-order valence-corrected chi connectivity index (χ3v) is 5.56. The average molecular weight is 364 g/mol. The van der Waals surface area contributed by atoms with Crippen LogP contribution in [0.5, 0.6) is 5.75 Å². The number of nitrogens with zero attached hydrogens (tertiary/aromatic N) is 1. The average Bonchev–Trinajstić information content (AvgIpc) is 2.46. The molecule has 1 unspecified atom stereocenters. The number of carbonyl (C=O) groups excluding carboxylic acids is 1. The Hall–Kier alpha value is -1.16. The summed E-state index contributed by atoms with van der Waals surface area (Å²) >= 11 is 11.7. The summed E-state index contributed by atoms with van der Waals surface area (Å²) in [4.78, 5) is 12.7. The quantitative estimate of drug-likeness (QED) is 0.562. The Morgan fingerprint density at radius 1 is 1.32 bits per heavy atom. The van der Waals surface area contributed by atoms with Crippen molar-refractivity contribution in [2.45, 2.75) is 19.8 Å². The van der Waals surface area contributed by atoms with Crippen LogP contribution in [0.3, 0.4) is 0 Å². The van der Waals surface area contributed by atoms with Gasteiger partial charge in [0.15, 0.2) is 0 Å². The second-order valence-corrected chi connectivity index (χ2v) is 7.83. The third kappa shape index (κ3) is 3.43. The first-order valence-corrected chi connectivity index (χ1v) is 9.66. The summed E-state index contributed by atoms with van der Waals surface area (Å²) in [5.74, 6) is 0.911. The molecule has 120 valence electrons. The fraction of sp³-hybridized carbons (Fsp3) is 0.357. The summed E-state index contributed by atoms with van der Waals surface area (Å²) in [6, 6.07) is 6.52. The Kier molecular flexibility index (Phi) is 5.43. The standard InChI is InChI=1S/C14H16Cl2NO4P/c1-10-13(4-3-9-15)14(18)17(22(16,19)21-10)11-5-7-12(20-2)8-6-11/h5-8H,3-4,9H2,1-2H3. The van der Waals surface area contributed by atoms with Gasteiger partial charge >= 0.3 is 6.87 Å². The second-order valence-electron chi connectivity index (χ2n) is 4.68. The lowest BCUT2D eigenvalue weighted by Crippen LogP contribution is -2.32. The molecule has 1 atom stereocenters. The molecule has 0 spiro atoms. The molecule has 0 radical (unpaired) electrons. The molecule has 5 nitrogen and oxygen atoms in total. The molecule has 0 fully saturated rings. The van der Waals surface area contributed by atoms with E-state index in [2.05, 4.69) is 0 Å². The molecule has 2 rings (SSSR count). The van der Waals surface area contributed by atoms with Crippen LogP contribution in [0, 0.1) is 0 Å². The minimum Gasteiger partial charge on any atom is -0.497 e. The number of halogens is 2. The zero-order chi connectivity index (χ0) is 16.3. The van der Waals surface area contributed by atoms with Gasteiger partial charge in [0.25, 0.3) is 5.91 Å². The SMILES string of the molecule is COc1ccc(N2C(=O)C(CCCCl)=C(C)OP2(=O)Cl)cc1. The number of anilines is 1. The van der Waals surface area contributed by atoms with Crippen molar-refractivity contribution in [2.24, 2.45) is 0 Å². The van der Waals surface area contributed by atoms with Crippen LogP contribution in [-0.2, 0) is 13.9 Å². The van der Waals surface area contributed by atoms with Gasteiger partial charge in [0, 0.05) is 17.1 Å². The minimum atomic E-state index is -3.80. The van der Waals surface area contributed by atoms with E-state index >= 15 is 0 Å². The molecule has 0 N–H and O–H groups in total. The summed E-state index contributed by atoms with van der Waals surface area (Å²) < 4.78 is 23.9. The molecule has 0 bridgehead atoms. The van der Waals surface area contributed by atoms with Crippen LogP contribution in [0.25, 0.3) is 0 Å². The molecule has 1 aliphatic rings. The van der Waals surface area contributed by atoms with E-state index in [-0.39, 0.29) is 0 Å². The molecule has 1 heterocycles. The van der Waals surface area contributed by atoms with Crippen LogP contribution < -0.4 is 9.41 Å². The van der Waals surface area contributed by atoms with Crippen molar-refractivity contribution in [1.29, 1.82) is 0 Å². The van der Waals surface area contributed by atoms with E-state index in [4.69, 9.17) is 32.1 Å². The highest BCUT2D eigenvalue weighted by Crippen LogP contribution is 2.62. The van der Waals surface area contributed by atoms with Crippen LogP contribution in [0.2, 0.25) is 0 Å². The summed E-state index contributed by atoms with van der Waals surface area (Å²) in [7, 11) is 1.53. The molecule has 1 aromatic rings. The molecule has 1 aliphatic heterocycles. The van der Waals surface area contributed by atoms with E-state index in [1.807, 2.05) is 0 Å². The molecular weight excluding hydrogens is 348 g/mol. The van der Waals surface area contributed by atoms with Crippen molar-refractivity contribution in [2.75, 3.05) is 17.7 Å². The summed E-state index contributed by atoms with van der Waals surface area (Å²) in [6.45, 7) is -2.21. The predicted molar refractivity (Wildman–Crippen MR) is 87.7 cm³/mol. The van der Waals surface area contributed by atoms with E-state index in [0.717, 1.165) is 4.67 Å². The number of benzene rings is 1. The summed E-state index contributed by atoms with van der Waals surface area (Å²) in [5, 5.41) is 0. The fourth-order valence-corrected chi connectivity index (χ4v) is 4.35. The van der Waals surface area contributed by atoms with Crippen LogP contribution in [0.1, 0.15) is 19.8 Å². The Labute approximate surface area is 139 Å². The summed E-state index contributed by atoms with van der Waals surface area (Å²) in [5.41, 5.74) is 0.823. The second kappa shape index (κ2) is 6.95. The highest BCUT2D eigenvalue weighted by Gasteiger charge is 2.43. The molecule has 1 aromatic carbocycles. The fourth-order valence-electron chi connectivity index (χ4n) is 2.16. The molecule has 22 heavy (non-hydrogen) atoms.